The topological polar surface area (TPSA) is 23.5 Å². The number of aliphatic hydroxyl groups excluding tert-OH is 1. The molecule has 1 N–H and O–H groups in total. The van der Waals surface area contributed by atoms with E-state index in [-0.39, 0.29) is 5.41 Å². The molecule has 2 saturated carbocycles. The lowest BCUT2D eigenvalue weighted by molar-refractivity contribution is 0.0258. The smallest absolute Gasteiger partial charge is 0.0499 e. The molecule has 0 heterocycles. The van der Waals surface area contributed by atoms with Crippen LogP contribution in [0.4, 0.5) is 0 Å². The second-order valence-electron chi connectivity index (χ2n) is 7.06. The van der Waals surface area contributed by atoms with Crippen LogP contribution < -0.4 is 0 Å². The molecule has 2 unspecified atom stereocenters. The van der Waals surface area contributed by atoms with Crippen molar-refractivity contribution in [3.63, 3.8) is 0 Å². The van der Waals surface area contributed by atoms with Crippen LogP contribution in [0.5, 0.6) is 0 Å². The Hall–Kier alpha value is -0.0800. The van der Waals surface area contributed by atoms with Crippen LogP contribution in [0.25, 0.3) is 0 Å². The first-order chi connectivity index (χ1) is 8.65. The van der Waals surface area contributed by atoms with Crippen LogP contribution in [0.1, 0.15) is 64.7 Å². The first-order valence-electron chi connectivity index (χ1n) is 7.96. The lowest BCUT2D eigenvalue weighted by atomic mass is 9.73. The highest BCUT2D eigenvalue weighted by atomic mass is 16.3. The molecule has 0 aromatic heterocycles. The summed E-state index contributed by atoms with van der Waals surface area (Å²) in [6, 6.07) is 0.763. The van der Waals surface area contributed by atoms with Gasteiger partial charge in [0.1, 0.15) is 0 Å². The number of hydrogen-bond acceptors (Lipinski definition) is 2. The maximum atomic E-state index is 9.81. The molecule has 0 aliphatic heterocycles. The molecule has 0 saturated heterocycles. The molecule has 2 aliphatic rings. The van der Waals surface area contributed by atoms with Gasteiger partial charge in [-0.3, -0.25) is 0 Å². The summed E-state index contributed by atoms with van der Waals surface area (Å²) in [5.74, 6) is 0.891. The first kappa shape index (κ1) is 14.3. The van der Waals surface area contributed by atoms with E-state index >= 15 is 0 Å². The number of rotatable bonds is 4. The molecule has 2 rings (SSSR count). The normalized spacial score (nSPS) is 32.7. The molecule has 2 heteroatoms. The van der Waals surface area contributed by atoms with Gasteiger partial charge in [-0.05, 0) is 38.6 Å². The highest BCUT2D eigenvalue weighted by Gasteiger charge is 2.34. The second kappa shape index (κ2) is 6.38. The largest absolute Gasteiger partial charge is 0.396 e. The van der Waals surface area contributed by atoms with E-state index in [0.29, 0.717) is 6.61 Å². The fraction of sp³-hybridized carbons (Fsp3) is 1.00. The van der Waals surface area contributed by atoms with E-state index in [4.69, 9.17) is 0 Å². The molecule has 0 spiro atoms. The van der Waals surface area contributed by atoms with E-state index in [2.05, 4.69) is 18.9 Å². The highest BCUT2D eigenvalue weighted by molar-refractivity contribution is 4.87. The van der Waals surface area contributed by atoms with Crippen LogP contribution in [-0.4, -0.2) is 36.2 Å². The van der Waals surface area contributed by atoms with Crippen molar-refractivity contribution >= 4 is 0 Å². The SMILES string of the molecule is CC1CCCC(N(C)CC2(CO)CCCCC2)C1. The Balaban J connectivity index is 1.89. The highest BCUT2D eigenvalue weighted by Crippen LogP contribution is 2.38. The summed E-state index contributed by atoms with van der Waals surface area (Å²) in [7, 11) is 2.29. The summed E-state index contributed by atoms with van der Waals surface area (Å²) >= 11 is 0. The Morgan fingerprint density at radius 1 is 1.11 bits per heavy atom. The minimum absolute atomic E-state index is 0.216. The zero-order valence-electron chi connectivity index (χ0n) is 12.3. The van der Waals surface area contributed by atoms with Crippen molar-refractivity contribution in [1.29, 1.82) is 0 Å². The van der Waals surface area contributed by atoms with Gasteiger partial charge in [0, 0.05) is 24.6 Å². The van der Waals surface area contributed by atoms with Crippen LogP contribution in [-0.2, 0) is 0 Å². The maximum Gasteiger partial charge on any atom is 0.0499 e. The molecule has 106 valence electrons. The molecule has 0 amide bonds. The van der Waals surface area contributed by atoms with Gasteiger partial charge in [0.15, 0.2) is 0 Å². The Bertz CT molecular complexity index is 247. The molecule has 0 aromatic carbocycles. The van der Waals surface area contributed by atoms with Crippen molar-refractivity contribution in [1.82, 2.24) is 4.90 Å². The summed E-state index contributed by atoms with van der Waals surface area (Å²) in [5.41, 5.74) is 0.216. The van der Waals surface area contributed by atoms with Crippen molar-refractivity contribution in [3.05, 3.63) is 0 Å². The summed E-state index contributed by atoms with van der Waals surface area (Å²) in [6.07, 6.45) is 12.0. The van der Waals surface area contributed by atoms with Gasteiger partial charge in [0.25, 0.3) is 0 Å². The molecule has 18 heavy (non-hydrogen) atoms. The minimum atomic E-state index is 0.216. The van der Waals surface area contributed by atoms with Gasteiger partial charge in [-0.2, -0.15) is 0 Å². The number of aliphatic hydroxyl groups is 1. The molecular weight excluding hydrogens is 222 g/mol. The summed E-state index contributed by atoms with van der Waals surface area (Å²) in [6.45, 7) is 3.89. The fourth-order valence-electron chi connectivity index (χ4n) is 4.13. The third kappa shape index (κ3) is 3.48. The minimum Gasteiger partial charge on any atom is -0.396 e. The predicted octanol–water partition coefficient (Wildman–Crippen LogP) is 3.44. The summed E-state index contributed by atoms with van der Waals surface area (Å²) < 4.78 is 0. The van der Waals surface area contributed by atoms with E-state index in [1.807, 2.05) is 0 Å². The van der Waals surface area contributed by atoms with Crippen LogP contribution in [0.3, 0.4) is 0 Å². The van der Waals surface area contributed by atoms with Gasteiger partial charge in [-0.1, -0.05) is 39.0 Å². The lowest BCUT2D eigenvalue weighted by Crippen LogP contribution is -2.45. The van der Waals surface area contributed by atoms with Gasteiger partial charge in [0.05, 0.1) is 0 Å². The van der Waals surface area contributed by atoms with Crippen molar-refractivity contribution in [3.8, 4) is 0 Å². The fourth-order valence-corrected chi connectivity index (χ4v) is 4.13. The third-order valence-electron chi connectivity index (χ3n) is 5.37. The molecule has 2 atom stereocenters. The number of nitrogens with zero attached hydrogens (tertiary/aromatic N) is 1. The second-order valence-corrected chi connectivity index (χ2v) is 7.06. The molecular formula is C16H31NO. The van der Waals surface area contributed by atoms with Gasteiger partial charge in [-0.25, -0.2) is 0 Å². The van der Waals surface area contributed by atoms with Crippen molar-refractivity contribution < 1.29 is 5.11 Å². The molecule has 0 aromatic rings. The number of hydrogen-bond donors (Lipinski definition) is 1. The summed E-state index contributed by atoms with van der Waals surface area (Å²) in [5, 5.41) is 9.81. The molecule has 2 nitrogen and oxygen atoms in total. The third-order valence-corrected chi connectivity index (χ3v) is 5.37. The van der Waals surface area contributed by atoms with Crippen molar-refractivity contribution in [2.75, 3.05) is 20.2 Å². The Labute approximate surface area is 113 Å². The summed E-state index contributed by atoms with van der Waals surface area (Å²) in [4.78, 5) is 2.57. The van der Waals surface area contributed by atoms with E-state index < -0.39 is 0 Å². The van der Waals surface area contributed by atoms with Gasteiger partial charge in [0.2, 0.25) is 0 Å². The Morgan fingerprint density at radius 2 is 1.83 bits per heavy atom. The Kier molecular flexibility index (Phi) is 5.08. The van der Waals surface area contributed by atoms with E-state index in [9.17, 15) is 5.11 Å². The van der Waals surface area contributed by atoms with Crippen LogP contribution in [0, 0.1) is 11.3 Å². The van der Waals surface area contributed by atoms with E-state index in [0.717, 1.165) is 18.5 Å². The molecule has 2 fully saturated rings. The Morgan fingerprint density at radius 3 is 2.44 bits per heavy atom. The van der Waals surface area contributed by atoms with Crippen molar-refractivity contribution in [2.45, 2.75) is 70.8 Å². The monoisotopic (exact) mass is 253 g/mol. The van der Waals surface area contributed by atoms with Crippen LogP contribution in [0.2, 0.25) is 0 Å². The van der Waals surface area contributed by atoms with E-state index in [1.165, 1.54) is 57.8 Å². The van der Waals surface area contributed by atoms with Gasteiger partial charge < -0.3 is 10.0 Å². The molecule has 2 aliphatic carbocycles. The predicted molar refractivity (Wildman–Crippen MR) is 76.7 cm³/mol. The van der Waals surface area contributed by atoms with Gasteiger partial charge >= 0.3 is 0 Å². The zero-order chi connectivity index (χ0) is 13.0. The average Bonchev–Trinajstić information content (AvgIpc) is 2.40. The zero-order valence-corrected chi connectivity index (χ0v) is 12.3. The average molecular weight is 253 g/mol. The van der Waals surface area contributed by atoms with Crippen molar-refractivity contribution in [2.24, 2.45) is 11.3 Å². The van der Waals surface area contributed by atoms with Crippen LogP contribution >= 0.6 is 0 Å². The van der Waals surface area contributed by atoms with E-state index in [1.54, 1.807) is 0 Å². The quantitative estimate of drug-likeness (QED) is 0.829. The molecule has 0 radical (unpaired) electrons. The lowest BCUT2D eigenvalue weighted by Gasteiger charge is -2.43. The standard InChI is InChI=1S/C16H31NO/c1-14-7-6-8-15(11-14)17(2)12-16(13-18)9-4-3-5-10-16/h14-15,18H,3-13H2,1-2H3. The molecule has 0 bridgehead atoms. The van der Waals surface area contributed by atoms with Crippen LogP contribution in [0.15, 0.2) is 0 Å². The first-order valence-corrected chi connectivity index (χ1v) is 7.96. The maximum absolute atomic E-state index is 9.81. The van der Waals surface area contributed by atoms with Gasteiger partial charge in [-0.15, -0.1) is 0 Å².